The van der Waals surface area contributed by atoms with E-state index in [0.29, 0.717) is 18.5 Å². The molecule has 0 unspecified atom stereocenters. The van der Waals surface area contributed by atoms with E-state index in [9.17, 15) is 9.59 Å². The maximum Gasteiger partial charge on any atom is 0.315 e. The van der Waals surface area contributed by atoms with Crippen LogP contribution in [0.5, 0.6) is 0 Å². The average Bonchev–Trinajstić information content (AvgIpc) is 2.98. The zero-order valence-electron chi connectivity index (χ0n) is 10.0. The molecule has 0 saturated heterocycles. The van der Waals surface area contributed by atoms with Gasteiger partial charge in [0.25, 0.3) is 0 Å². The first-order valence-corrected chi connectivity index (χ1v) is 5.89. The van der Waals surface area contributed by atoms with Gasteiger partial charge in [-0.05, 0) is 25.2 Å². The fourth-order valence-electron chi connectivity index (χ4n) is 1.19. The summed E-state index contributed by atoms with van der Waals surface area (Å²) < 4.78 is 0. The Morgan fingerprint density at radius 1 is 1.25 bits per heavy atom. The lowest BCUT2D eigenvalue weighted by Gasteiger charge is -2.08. The van der Waals surface area contributed by atoms with E-state index in [-0.39, 0.29) is 18.5 Å². The highest BCUT2D eigenvalue weighted by molar-refractivity contribution is 5.84. The van der Waals surface area contributed by atoms with E-state index in [0.717, 1.165) is 19.3 Å². The van der Waals surface area contributed by atoms with Crippen LogP contribution in [0.2, 0.25) is 0 Å². The van der Waals surface area contributed by atoms with Gasteiger partial charge in [-0.25, -0.2) is 4.79 Å². The number of amides is 3. The van der Waals surface area contributed by atoms with Crippen molar-refractivity contribution in [1.82, 2.24) is 16.0 Å². The maximum atomic E-state index is 11.3. The first-order chi connectivity index (χ1) is 7.58. The van der Waals surface area contributed by atoms with E-state index in [1.54, 1.807) is 0 Å². The molecule has 16 heavy (non-hydrogen) atoms. The Morgan fingerprint density at radius 3 is 2.50 bits per heavy atom. The summed E-state index contributed by atoms with van der Waals surface area (Å²) in [6.07, 6.45) is 3.06. The van der Waals surface area contributed by atoms with Gasteiger partial charge in [0.2, 0.25) is 5.91 Å². The summed E-state index contributed by atoms with van der Waals surface area (Å²) >= 11 is 0. The molecule has 3 amide bonds. The smallest absolute Gasteiger partial charge is 0.315 e. The molecule has 0 spiro atoms. The van der Waals surface area contributed by atoms with Crippen molar-refractivity contribution in [2.75, 3.05) is 13.1 Å². The molecule has 3 N–H and O–H groups in total. The van der Waals surface area contributed by atoms with Crippen molar-refractivity contribution in [3.8, 4) is 0 Å². The van der Waals surface area contributed by atoms with Crippen LogP contribution in [0.3, 0.4) is 0 Å². The van der Waals surface area contributed by atoms with Crippen molar-refractivity contribution < 1.29 is 9.59 Å². The molecule has 5 heteroatoms. The van der Waals surface area contributed by atoms with Crippen molar-refractivity contribution in [3.05, 3.63) is 0 Å². The summed E-state index contributed by atoms with van der Waals surface area (Å²) in [6.45, 7) is 4.93. The normalized spacial score (nSPS) is 14.7. The molecule has 1 saturated carbocycles. The first kappa shape index (κ1) is 12.8. The number of nitrogens with one attached hydrogen (secondary N) is 3. The third-order valence-electron chi connectivity index (χ3n) is 2.37. The Hall–Kier alpha value is -1.26. The Morgan fingerprint density at radius 2 is 1.94 bits per heavy atom. The lowest BCUT2D eigenvalue weighted by atomic mass is 10.1. The van der Waals surface area contributed by atoms with Crippen LogP contribution in [0.1, 0.15) is 33.1 Å². The minimum Gasteiger partial charge on any atom is -0.355 e. The summed E-state index contributed by atoms with van der Waals surface area (Å²) in [5.41, 5.74) is 0. The standard InChI is InChI=1S/C11H21N3O2/c1-8(2)5-6-12-10(15)7-13-11(16)14-9-3-4-9/h8-9H,3-7H2,1-2H3,(H,12,15)(H2,13,14,16). The Balaban J connectivity index is 1.98. The highest BCUT2D eigenvalue weighted by atomic mass is 16.2. The molecule has 1 aliphatic rings. The van der Waals surface area contributed by atoms with Gasteiger partial charge < -0.3 is 16.0 Å². The number of carbonyl (C=O) groups is 2. The van der Waals surface area contributed by atoms with Crippen LogP contribution in [0.25, 0.3) is 0 Å². The maximum absolute atomic E-state index is 11.3. The third-order valence-corrected chi connectivity index (χ3v) is 2.37. The molecule has 92 valence electrons. The molecule has 1 aliphatic carbocycles. The number of hydrogen-bond donors (Lipinski definition) is 3. The topological polar surface area (TPSA) is 70.2 Å². The second kappa shape index (κ2) is 6.35. The monoisotopic (exact) mass is 227 g/mol. The van der Waals surface area contributed by atoms with Gasteiger partial charge in [-0.2, -0.15) is 0 Å². The van der Waals surface area contributed by atoms with Gasteiger partial charge in [-0.15, -0.1) is 0 Å². The number of hydrogen-bond acceptors (Lipinski definition) is 2. The molecule has 0 aromatic heterocycles. The second-order valence-electron chi connectivity index (χ2n) is 4.63. The van der Waals surface area contributed by atoms with Crippen molar-refractivity contribution >= 4 is 11.9 Å². The predicted molar refractivity (Wildman–Crippen MR) is 62.0 cm³/mol. The summed E-state index contributed by atoms with van der Waals surface area (Å²) in [7, 11) is 0. The van der Waals surface area contributed by atoms with Crippen LogP contribution in [-0.4, -0.2) is 31.1 Å². The van der Waals surface area contributed by atoms with Gasteiger partial charge in [-0.1, -0.05) is 13.8 Å². The van der Waals surface area contributed by atoms with Gasteiger partial charge in [0, 0.05) is 12.6 Å². The molecule has 0 radical (unpaired) electrons. The molecule has 0 heterocycles. The van der Waals surface area contributed by atoms with Gasteiger partial charge >= 0.3 is 6.03 Å². The SMILES string of the molecule is CC(C)CCNC(=O)CNC(=O)NC1CC1. The van der Waals surface area contributed by atoms with Gasteiger partial charge in [0.05, 0.1) is 6.54 Å². The van der Waals surface area contributed by atoms with Crippen molar-refractivity contribution in [3.63, 3.8) is 0 Å². The zero-order chi connectivity index (χ0) is 12.0. The summed E-state index contributed by atoms with van der Waals surface area (Å²) in [5.74, 6) is 0.443. The van der Waals surface area contributed by atoms with Gasteiger partial charge in [0.15, 0.2) is 0 Å². The number of carbonyl (C=O) groups excluding carboxylic acids is 2. The molecular weight excluding hydrogens is 206 g/mol. The molecule has 0 aromatic carbocycles. The fraction of sp³-hybridized carbons (Fsp3) is 0.818. The Bertz CT molecular complexity index is 250. The minimum absolute atomic E-state index is 0.0522. The quantitative estimate of drug-likeness (QED) is 0.622. The van der Waals surface area contributed by atoms with Gasteiger partial charge in [0.1, 0.15) is 0 Å². The molecule has 5 nitrogen and oxygen atoms in total. The fourth-order valence-corrected chi connectivity index (χ4v) is 1.19. The van der Waals surface area contributed by atoms with Crippen LogP contribution in [0.15, 0.2) is 0 Å². The molecule has 1 fully saturated rings. The Labute approximate surface area is 96.4 Å². The molecule has 0 atom stereocenters. The Kier molecular flexibility index (Phi) is 5.08. The highest BCUT2D eigenvalue weighted by Gasteiger charge is 2.23. The number of urea groups is 1. The lowest BCUT2D eigenvalue weighted by Crippen LogP contribution is -2.43. The van der Waals surface area contributed by atoms with Crippen LogP contribution < -0.4 is 16.0 Å². The summed E-state index contributed by atoms with van der Waals surface area (Å²) in [6, 6.07) is 0.0745. The molecule has 0 bridgehead atoms. The lowest BCUT2D eigenvalue weighted by molar-refractivity contribution is -0.120. The van der Waals surface area contributed by atoms with E-state index in [4.69, 9.17) is 0 Å². The van der Waals surface area contributed by atoms with E-state index >= 15 is 0 Å². The van der Waals surface area contributed by atoms with Crippen LogP contribution in [0.4, 0.5) is 4.79 Å². The molecular formula is C11H21N3O2. The third kappa shape index (κ3) is 6.27. The van der Waals surface area contributed by atoms with Crippen molar-refractivity contribution in [2.24, 2.45) is 5.92 Å². The van der Waals surface area contributed by atoms with Crippen LogP contribution >= 0.6 is 0 Å². The summed E-state index contributed by atoms with van der Waals surface area (Å²) in [4.78, 5) is 22.5. The van der Waals surface area contributed by atoms with Crippen LogP contribution in [0, 0.1) is 5.92 Å². The van der Waals surface area contributed by atoms with Gasteiger partial charge in [-0.3, -0.25) is 4.79 Å². The van der Waals surface area contributed by atoms with E-state index in [1.807, 2.05) is 0 Å². The molecule has 1 rings (SSSR count). The minimum atomic E-state index is -0.249. The zero-order valence-corrected chi connectivity index (χ0v) is 10.0. The molecule has 0 aromatic rings. The number of rotatable bonds is 6. The van der Waals surface area contributed by atoms with E-state index in [1.165, 1.54) is 0 Å². The van der Waals surface area contributed by atoms with Crippen molar-refractivity contribution in [2.45, 2.75) is 39.2 Å². The average molecular weight is 227 g/mol. The molecule has 0 aliphatic heterocycles. The largest absolute Gasteiger partial charge is 0.355 e. The van der Waals surface area contributed by atoms with E-state index < -0.39 is 0 Å². The summed E-state index contributed by atoms with van der Waals surface area (Å²) in [5, 5.41) is 8.04. The van der Waals surface area contributed by atoms with Crippen molar-refractivity contribution in [1.29, 1.82) is 0 Å². The van der Waals surface area contributed by atoms with Crippen LogP contribution in [-0.2, 0) is 4.79 Å². The van der Waals surface area contributed by atoms with E-state index in [2.05, 4.69) is 29.8 Å². The highest BCUT2D eigenvalue weighted by Crippen LogP contribution is 2.17. The second-order valence-corrected chi connectivity index (χ2v) is 4.63. The predicted octanol–water partition coefficient (Wildman–Crippen LogP) is 0.610. The first-order valence-electron chi connectivity index (χ1n) is 5.89.